The van der Waals surface area contributed by atoms with Crippen LogP contribution in [0.5, 0.6) is 17.2 Å². The predicted molar refractivity (Wildman–Crippen MR) is 129 cm³/mol. The van der Waals surface area contributed by atoms with E-state index in [2.05, 4.69) is 0 Å². The number of hydrogen-bond donors (Lipinski definition) is 2. The van der Waals surface area contributed by atoms with E-state index in [-0.39, 0.29) is 27.7 Å². The average Bonchev–Trinajstić information content (AvgIpc) is 3.09. The number of hydrogen-bond acceptors (Lipinski definition) is 6. The lowest BCUT2D eigenvalue weighted by Gasteiger charge is -2.26. The van der Waals surface area contributed by atoms with Crippen LogP contribution in [0.25, 0.3) is 5.76 Å². The number of ketones is 1. The lowest BCUT2D eigenvalue weighted by Crippen LogP contribution is -2.29. The van der Waals surface area contributed by atoms with Gasteiger partial charge in [0.05, 0.1) is 36.4 Å². The second-order valence-corrected chi connectivity index (χ2v) is 8.19. The number of halogens is 1. The van der Waals surface area contributed by atoms with Gasteiger partial charge in [-0.1, -0.05) is 35.9 Å². The number of methoxy groups -OCH3 is 2. The van der Waals surface area contributed by atoms with Crippen LogP contribution >= 0.6 is 11.6 Å². The summed E-state index contributed by atoms with van der Waals surface area (Å²) in [6, 6.07) is 15.2. The molecule has 1 aliphatic heterocycles. The van der Waals surface area contributed by atoms with Gasteiger partial charge in [-0.15, -0.1) is 0 Å². The molecule has 1 amide bonds. The molecule has 1 heterocycles. The van der Waals surface area contributed by atoms with Crippen molar-refractivity contribution in [1.82, 2.24) is 0 Å². The van der Waals surface area contributed by atoms with Gasteiger partial charge in [-0.25, -0.2) is 0 Å². The topological polar surface area (TPSA) is 96.3 Å². The monoisotopic (exact) mass is 479 g/mol. The number of anilines is 1. The van der Waals surface area contributed by atoms with Crippen molar-refractivity contribution >= 4 is 34.7 Å². The van der Waals surface area contributed by atoms with Crippen LogP contribution in [-0.2, 0) is 9.59 Å². The summed E-state index contributed by atoms with van der Waals surface area (Å²) >= 11 is 6.28. The summed E-state index contributed by atoms with van der Waals surface area (Å²) in [4.78, 5) is 27.9. The normalized spacial score (nSPS) is 17.2. The fraction of sp³-hybridized carbons (Fsp3) is 0.154. The zero-order chi connectivity index (χ0) is 24.6. The number of aliphatic hydroxyl groups is 1. The molecule has 0 spiro atoms. The van der Waals surface area contributed by atoms with Gasteiger partial charge in [-0.05, 0) is 48.4 Å². The van der Waals surface area contributed by atoms with Crippen LogP contribution in [0, 0.1) is 6.92 Å². The maximum absolute atomic E-state index is 13.3. The molecule has 1 fully saturated rings. The molecule has 3 aromatic rings. The Morgan fingerprint density at radius 1 is 0.971 bits per heavy atom. The van der Waals surface area contributed by atoms with E-state index in [0.29, 0.717) is 17.0 Å². The van der Waals surface area contributed by atoms with Gasteiger partial charge in [-0.3, -0.25) is 14.5 Å². The van der Waals surface area contributed by atoms with Gasteiger partial charge in [0, 0.05) is 11.8 Å². The Bertz CT molecular complexity index is 1320. The maximum Gasteiger partial charge on any atom is 0.300 e. The highest BCUT2D eigenvalue weighted by molar-refractivity contribution is 6.51. The number of aryl methyl sites for hydroxylation is 1. The minimum Gasteiger partial charge on any atom is -0.508 e. The van der Waals surface area contributed by atoms with E-state index < -0.39 is 23.5 Å². The third-order valence-electron chi connectivity index (χ3n) is 5.66. The fourth-order valence-corrected chi connectivity index (χ4v) is 4.28. The first kappa shape index (κ1) is 23.2. The smallest absolute Gasteiger partial charge is 0.300 e. The molecule has 4 rings (SSSR count). The number of phenolic OH excluding ortho intramolecular Hbond substituents is 1. The number of carbonyl (C=O) groups excluding carboxylic acids is 2. The summed E-state index contributed by atoms with van der Waals surface area (Å²) in [6.07, 6.45) is 0. The Labute approximate surface area is 201 Å². The summed E-state index contributed by atoms with van der Waals surface area (Å²) in [5.41, 5.74) is 1.93. The molecular weight excluding hydrogens is 458 g/mol. The summed E-state index contributed by atoms with van der Waals surface area (Å²) in [6.45, 7) is 1.87. The molecule has 174 valence electrons. The summed E-state index contributed by atoms with van der Waals surface area (Å²) in [5, 5.41) is 21.3. The number of phenols is 1. The maximum atomic E-state index is 13.3. The quantitative estimate of drug-likeness (QED) is 0.304. The summed E-state index contributed by atoms with van der Waals surface area (Å²) < 4.78 is 10.6. The average molecular weight is 480 g/mol. The molecule has 1 atom stereocenters. The molecule has 0 aliphatic carbocycles. The largest absolute Gasteiger partial charge is 0.508 e. The molecule has 0 radical (unpaired) electrons. The van der Waals surface area contributed by atoms with E-state index >= 15 is 0 Å². The molecule has 3 aromatic carbocycles. The van der Waals surface area contributed by atoms with Crippen molar-refractivity contribution in [3.05, 3.63) is 87.9 Å². The van der Waals surface area contributed by atoms with Crippen molar-refractivity contribution in [3.63, 3.8) is 0 Å². The fourth-order valence-electron chi connectivity index (χ4n) is 4.04. The lowest BCUT2D eigenvalue weighted by atomic mass is 9.94. The van der Waals surface area contributed by atoms with Crippen LogP contribution < -0.4 is 14.4 Å². The SMILES string of the molecule is COc1cc(OC)c(/C(O)=C2\C(=O)C(=O)N(c3cccc(C)c3)C2c2ccc(O)cc2)cc1Cl. The molecule has 7 nitrogen and oxygen atoms in total. The van der Waals surface area contributed by atoms with Crippen LogP contribution in [0.2, 0.25) is 5.02 Å². The minimum absolute atomic E-state index is 0.0277. The van der Waals surface area contributed by atoms with Crippen LogP contribution in [0.4, 0.5) is 5.69 Å². The van der Waals surface area contributed by atoms with Crippen molar-refractivity contribution < 1.29 is 29.3 Å². The number of nitrogens with zero attached hydrogens (tertiary/aromatic N) is 1. The third kappa shape index (κ3) is 3.95. The highest BCUT2D eigenvalue weighted by atomic mass is 35.5. The molecule has 2 N–H and O–H groups in total. The third-order valence-corrected chi connectivity index (χ3v) is 5.96. The van der Waals surface area contributed by atoms with Crippen molar-refractivity contribution in [1.29, 1.82) is 0 Å². The van der Waals surface area contributed by atoms with Crippen molar-refractivity contribution in [2.24, 2.45) is 0 Å². The molecule has 1 aliphatic rings. The number of aromatic hydroxyl groups is 1. The van der Waals surface area contributed by atoms with Gasteiger partial charge in [0.25, 0.3) is 11.7 Å². The Morgan fingerprint density at radius 3 is 2.26 bits per heavy atom. The molecule has 0 aromatic heterocycles. The molecule has 0 bridgehead atoms. The summed E-state index contributed by atoms with van der Waals surface area (Å²) in [7, 11) is 2.85. The van der Waals surface area contributed by atoms with E-state index in [9.17, 15) is 19.8 Å². The van der Waals surface area contributed by atoms with E-state index in [0.717, 1.165) is 5.56 Å². The minimum atomic E-state index is -0.951. The van der Waals surface area contributed by atoms with Gasteiger partial charge < -0.3 is 19.7 Å². The van der Waals surface area contributed by atoms with E-state index in [1.54, 1.807) is 30.3 Å². The number of rotatable bonds is 5. The van der Waals surface area contributed by atoms with Crippen LogP contribution in [0.1, 0.15) is 22.7 Å². The van der Waals surface area contributed by atoms with Crippen molar-refractivity contribution in [3.8, 4) is 17.2 Å². The Morgan fingerprint density at radius 2 is 1.65 bits per heavy atom. The molecular formula is C26H22ClNO6. The molecule has 1 saturated heterocycles. The highest BCUT2D eigenvalue weighted by Crippen LogP contribution is 2.45. The number of ether oxygens (including phenoxy) is 2. The van der Waals surface area contributed by atoms with Crippen molar-refractivity contribution in [2.45, 2.75) is 13.0 Å². The van der Waals surface area contributed by atoms with Gasteiger partial charge >= 0.3 is 0 Å². The highest BCUT2D eigenvalue weighted by Gasteiger charge is 2.47. The second-order valence-electron chi connectivity index (χ2n) is 7.79. The Balaban J connectivity index is 1.99. The zero-order valence-corrected chi connectivity index (χ0v) is 19.5. The van der Waals surface area contributed by atoms with E-state index in [1.165, 1.54) is 43.4 Å². The molecule has 0 saturated carbocycles. The first-order chi connectivity index (χ1) is 16.3. The number of carbonyl (C=O) groups is 2. The van der Waals surface area contributed by atoms with Crippen LogP contribution in [0.3, 0.4) is 0 Å². The van der Waals surface area contributed by atoms with Gasteiger partial charge in [0.15, 0.2) is 0 Å². The predicted octanol–water partition coefficient (Wildman–Crippen LogP) is 5.00. The van der Waals surface area contributed by atoms with E-state index in [1.807, 2.05) is 13.0 Å². The first-order valence-electron chi connectivity index (χ1n) is 10.3. The molecule has 8 heteroatoms. The standard InChI is InChI=1S/C26H22ClNO6/c1-14-5-4-6-16(11-14)28-23(15-7-9-17(29)10-8-15)22(25(31)26(28)32)24(30)18-12-19(27)21(34-3)13-20(18)33-2/h4-13,23,29-30H,1-3H3/b24-22+. The van der Waals surface area contributed by atoms with E-state index in [4.69, 9.17) is 21.1 Å². The number of amides is 1. The number of Topliss-reactive ketones (excluding diaryl/α,β-unsaturated/α-hetero) is 1. The van der Waals surface area contributed by atoms with Crippen LogP contribution in [-0.4, -0.2) is 36.1 Å². The number of benzene rings is 3. The van der Waals surface area contributed by atoms with Gasteiger partial charge in [0.1, 0.15) is 23.0 Å². The number of aliphatic hydroxyl groups excluding tert-OH is 1. The summed E-state index contributed by atoms with van der Waals surface area (Å²) in [5.74, 6) is -1.52. The lowest BCUT2D eigenvalue weighted by molar-refractivity contribution is -0.132. The van der Waals surface area contributed by atoms with Gasteiger partial charge in [0.2, 0.25) is 0 Å². The van der Waals surface area contributed by atoms with Crippen molar-refractivity contribution in [2.75, 3.05) is 19.1 Å². The zero-order valence-electron chi connectivity index (χ0n) is 18.7. The molecule has 1 unspecified atom stereocenters. The van der Waals surface area contributed by atoms with Crippen LogP contribution in [0.15, 0.2) is 66.2 Å². The molecule has 34 heavy (non-hydrogen) atoms. The Hall–Kier alpha value is -3.97. The first-order valence-corrected chi connectivity index (χ1v) is 10.7. The Kier molecular flexibility index (Phi) is 6.22. The van der Waals surface area contributed by atoms with Gasteiger partial charge in [-0.2, -0.15) is 0 Å². The second kappa shape index (κ2) is 9.11.